The number of aryl methyl sites for hydroxylation is 1. The Morgan fingerprint density at radius 1 is 1.15 bits per heavy atom. The molecule has 0 fully saturated rings. The maximum absolute atomic E-state index is 5.94. The van der Waals surface area contributed by atoms with Crippen LogP contribution in [0.25, 0.3) is 6.08 Å². The topological polar surface area (TPSA) is 55.7 Å². The molecule has 3 rings (SSSR count). The van der Waals surface area contributed by atoms with Gasteiger partial charge in [-0.15, -0.1) is 11.3 Å². The number of rotatable bonds is 8. The summed E-state index contributed by atoms with van der Waals surface area (Å²) in [5, 5.41) is 6.98. The second-order valence-electron chi connectivity index (χ2n) is 5.67. The number of benzene rings is 2. The van der Waals surface area contributed by atoms with E-state index in [1.54, 1.807) is 13.3 Å². The molecule has 0 saturated carbocycles. The number of hydrazone groups is 1. The second kappa shape index (κ2) is 9.54. The van der Waals surface area contributed by atoms with Crippen molar-refractivity contribution in [3.63, 3.8) is 0 Å². The van der Waals surface area contributed by atoms with Crippen LogP contribution in [0.2, 0.25) is 0 Å². The number of para-hydroxylation sites is 1. The van der Waals surface area contributed by atoms with E-state index < -0.39 is 0 Å². The molecule has 5 nitrogen and oxygen atoms in total. The molecule has 0 aliphatic heterocycles. The van der Waals surface area contributed by atoms with Crippen molar-refractivity contribution in [1.29, 1.82) is 0 Å². The summed E-state index contributed by atoms with van der Waals surface area (Å²) in [5.74, 6) is 1.32. The van der Waals surface area contributed by atoms with Crippen molar-refractivity contribution in [3.05, 3.63) is 76.8 Å². The third kappa shape index (κ3) is 5.43. The van der Waals surface area contributed by atoms with E-state index in [2.05, 4.69) is 15.5 Å². The monoisotopic (exact) mass is 379 g/mol. The average molecular weight is 379 g/mol. The fourth-order valence-corrected chi connectivity index (χ4v) is 3.03. The van der Waals surface area contributed by atoms with Crippen LogP contribution >= 0.6 is 11.3 Å². The van der Waals surface area contributed by atoms with Crippen LogP contribution in [0.3, 0.4) is 0 Å². The van der Waals surface area contributed by atoms with Crippen LogP contribution in [-0.2, 0) is 0 Å². The van der Waals surface area contributed by atoms with Crippen molar-refractivity contribution in [3.8, 4) is 11.5 Å². The van der Waals surface area contributed by atoms with E-state index in [0.29, 0.717) is 18.1 Å². The molecule has 2 aromatic carbocycles. The number of anilines is 1. The van der Waals surface area contributed by atoms with Crippen molar-refractivity contribution in [2.75, 3.05) is 19.1 Å². The number of hydrogen-bond donors (Lipinski definition) is 1. The predicted molar refractivity (Wildman–Crippen MR) is 112 cm³/mol. The minimum Gasteiger partial charge on any atom is -0.493 e. The van der Waals surface area contributed by atoms with Crippen molar-refractivity contribution >= 4 is 28.8 Å². The lowest BCUT2D eigenvalue weighted by molar-refractivity contribution is 0.326. The summed E-state index contributed by atoms with van der Waals surface area (Å²) in [7, 11) is 1.62. The lowest BCUT2D eigenvalue weighted by atomic mass is 10.2. The molecule has 1 N–H and O–H groups in total. The molecule has 0 unspecified atom stereocenters. The molecule has 27 heavy (non-hydrogen) atoms. The molecule has 0 aliphatic rings. The number of nitrogens with one attached hydrogen (secondary N) is 1. The standard InChI is InChI=1S/C21H21N3O2S/c1-16-15-27-21(23-16)24-22-14-18-11-6-12-19(25-2)20(18)26-13-7-10-17-8-4-3-5-9-17/h3-12,14-15H,13H2,1-2H3,(H,23,24). The van der Waals surface area contributed by atoms with Crippen LogP contribution in [0.4, 0.5) is 5.13 Å². The van der Waals surface area contributed by atoms with E-state index in [1.165, 1.54) is 11.3 Å². The highest BCUT2D eigenvalue weighted by molar-refractivity contribution is 7.13. The Kier molecular flexibility index (Phi) is 6.60. The van der Waals surface area contributed by atoms with Crippen LogP contribution < -0.4 is 14.9 Å². The summed E-state index contributed by atoms with van der Waals surface area (Å²) < 4.78 is 11.4. The van der Waals surface area contributed by atoms with E-state index in [0.717, 1.165) is 22.0 Å². The van der Waals surface area contributed by atoms with Crippen molar-refractivity contribution in [2.45, 2.75) is 6.92 Å². The first-order valence-corrected chi connectivity index (χ1v) is 9.37. The molecule has 0 saturated heterocycles. The van der Waals surface area contributed by atoms with Gasteiger partial charge < -0.3 is 9.47 Å². The van der Waals surface area contributed by atoms with E-state index in [4.69, 9.17) is 9.47 Å². The fourth-order valence-electron chi connectivity index (χ4n) is 2.39. The molecule has 0 spiro atoms. The molecule has 138 valence electrons. The van der Waals surface area contributed by atoms with Gasteiger partial charge in [0.2, 0.25) is 5.13 Å². The highest BCUT2D eigenvalue weighted by Crippen LogP contribution is 2.30. The number of hydrogen-bond acceptors (Lipinski definition) is 6. The van der Waals surface area contributed by atoms with Gasteiger partial charge in [-0.2, -0.15) is 5.10 Å². The third-order valence-electron chi connectivity index (χ3n) is 3.65. The molecule has 0 atom stereocenters. The predicted octanol–water partition coefficient (Wildman–Crippen LogP) is 5.00. The van der Waals surface area contributed by atoms with Gasteiger partial charge in [0.05, 0.1) is 19.0 Å². The normalized spacial score (nSPS) is 11.2. The highest BCUT2D eigenvalue weighted by atomic mass is 32.1. The van der Waals surface area contributed by atoms with Crippen LogP contribution in [-0.4, -0.2) is 24.9 Å². The number of aromatic nitrogens is 1. The Hall–Kier alpha value is -3.12. The van der Waals surface area contributed by atoms with Gasteiger partial charge in [-0.1, -0.05) is 42.5 Å². The molecule has 1 aromatic heterocycles. The first-order chi connectivity index (χ1) is 13.3. The molecule has 0 radical (unpaired) electrons. The van der Waals surface area contributed by atoms with Gasteiger partial charge in [0.15, 0.2) is 11.5 Å². The van der Waals surface area contributed by atoms with Gasteiger partial charge in [-0.05, 0) is 30.7 Å². The number of methoxy groups -OCH3 is 1. The summed E-state index contributed by atoms with van der Waals surface area (Å²) in [4.78, 5) is 4.32. The summed E-state index contributed by atoms with van der Waals surface area (Å²) in [6.07, 6.45) is 5.70. The second-order valence-corrected chi connectivity index (χ2v) is 6.52. The molecule has 0 amide bonds. The lowest BCUT2D eigenvalue weighted by Gasteiger charge is -2.11. The average Bonchev–Trinajstić information content (AvgIpc) is 3.11. The quantitative estimate of drug-likeness (QED) is 0.442. The van der Waals surface area contributed by atoms with E-state index in [-0.39, 0.29) is 0 Å². The fraction of sp³-hybridized carbons (Fsp3) is 0.143. The summed E-state index contributed by atoms with van der Waals surface area (Å²) >= 11 is 1.51. The SMILES string of the molecule is COc1cccc(C=NNc2nc(C)cs2)c1OCC=Cc1ccccc1. The lowest BCUT2D eigenvalue weighted by Crippen LogP contribution is -2.01. The molecule has 3 aromatic rings. The molecule has 1 heterocycles. The minimum absolute atomic E-state index is 0.426. The van der Waals surface area contributed by atoms with Gasteiger partial charge in [0, 0.05) is 10.9 Å². The Morgan fingerprint density at radius 3 is 2.74 bits per heavy atom. The zero-order valence-electron chi connectivity index (χ0n) is 15.3. The summed E-state index contributed by atoms with van der Waals surface area (Å²) in [6, 6.07) is 15.8. The first-order valence-electron chi connectivity index (χ1n) is 8.49. The zero-order valence-corrected chi connectivity index (χ0v) is 16.1. The van der Waals surface area contributed by atoms with Crippen molar-refractivity contribution in [1.82, 2.24) is 4.98 Å². The van der Waals surface area contributed by atoms with Crippen LogP contribution in [0.1, 0.15) is 16.8 Å². The first kappa shape index (κ1) is 18.7. The van der Waals surface area contributed by atoms with Gasteiger partial charge in [-0.25, -0.2) is 4.98 Å². The molecule has 0 aliphatic carbocycles. The van der Waals surface area contributed by atoms with Crippen LogP contribution in [0, 0.1) is 6.92 Å². The summed E-state index contributed by atoms with van der Waals surface area (Å²) in [5.41, 5.74) is 5.85. The number of ether oxygens (including phenoxy) is 2. The van der Waals surface area contributed by atoms with Crippen molar-refractivity contribution in [2.24, 2.45) is 5.10 Å². The van der Waals surface area contributed by atoms with Gasteiger partial charge in [0.25, 0.3) is 0 Å². The van der Waals surface area contributed by atoms with E-state index in [9.17, 15) is 0 Å². The minimum atomic E-state index is 0.426. The molecule has 0 bridgehead atoms. The van der Waals surface area contributed by atoms with Gasteiger partial charge >= 0.3 is 0 Å². The van der Waals surface area contributed by atoms with E-state index in [1.807, 2.05) is 73.0 Å². The van der Waals surface area contributed by atoms with Gasteiger partial charge in [-0.3, -0.25) is 5.43 Å². The highest BCUT2D eigenvalue weighted by Gasteiger charge is 2.08. The smallest absolute Gasteiger partial charge is 0.203 e. The van der Waals surface area contributed by atoms with Gasteiger partial charge in [0.1, 0.15) is 6.61 Å². The summed E-state index contributed by atoms with van der Waals surface area (Å²) in [6.45, 7) is 2.37. The van der Waals surface area contributed by atoms with Crippen LogP contribution in [0.15, 0.2) is 65.1 Å². The maximum atomic E-state index is 5.94. The zero-order chi connectivity index (χ0) is 18.9. The Morgan fingerprint density at radius 2 is 2.00 bits per heavy atom. The number of thiazole rings is 1. The van der Waals surface area contributed by atoms with Crippen molar-refractivity contribution < 1.29 is 9.47 Å². The number of nitrogens with zero attached hydrogens (tertiary/aromatic N) is 2. The van der Waals surface area contributed by atoms with E-state index >= 15 is 0 Å². The Balaban J connectivity index is 1.68. The van der Waals surface area contributed by atoms with Crippen LogP contribution in [0.5, 0.6) is 11.5 Å². The molecular weight excluding hydrogens is 358 g/mol. The Bertz CT molecular complexity index is 920. The Labute approximate surface area is 163 Å². The molecular formula is C21H21N3O2S. The third-order valence-corrected chi connectivity index (χ3v) is 4.51. The largest absolute Gasteiger partial charge is 0.493 e. The molecule has 6 heteroatoms. The maximum Gasteiger partial charge on any atom is 0.203 e.